The van der Waals surface area contributed by atoms with Gasteiger partial charge in [0.2, 0.25) is 5.91 Å². The molecule has 0 spiro atoms. The van der Waals surface area contributed by atoms with E-state index in [1.165, 1.54) is 19.4 Å². The Kier molecular flexibility index (Phi) is 11.3. The number of ether oxygens (including phenoxy) is 2. The summed E-state index contributed by atoms with van der Waals surface area (Å²) in [6, 6.07) is 0.541. The van der Waals surface area contributed by atoms with E-state index in [0.29, 0.717) is 17.9 Å². The molecular weight excluding hydrogens is 370 g/mol. The number of rotatable bonds is 11. The van der Waals surface area contributed by atoms with Crippen LogP contribution in [0.5, 0.6) is 0 Å². The van der Waals surface area contributed by atoms with Crippen molar-refractivity contribution in [1.29, 1.82) is 0 Å². The average Bonchev–Trinajstić information content (AvgIpc) is 3.19. The van der Waals surface area contributed by atoms with E-state index < -0.39 is 0 Å². The van der Waals surface area contributed by atoms with Crippen LogP contribution in [0.15, 0.2) is 4.99 Å². The monoisotopic (exact) mass is 411 g/mol. The van der Waals surface area contributed by atoms with E-state index in [-0.39, 0.29) is 12.5 Å². The lowest BCUT2D eigenvalue weighted by Gasteiger charge is -2.24. The number of guanidine groups is 1. The van der Waals surface area contributed by atoms with E-state index in [1.807, 2.05) is 0 Å². The summed E-state index contributed by atoms with van der Waals surface area (Å²) in [5.41, 5.74) is 0. The van der Waals surface area contributed by atoms with Crippen molar-refractivity contribution in [2.24, 2.45) is 10.9 Å². The van der Waals surface area contributed by atoms with Gasteiger partial charge in [0.15, 0.2) is 5.96 Å². The first kappa shape index (κ1) is 23.9. The van der Waals surface area contributed by atoms with Crippen LogP contribution in [-0.2, 0) is 14.3 Å². The average molecular weight is 412 g/mol. The Morgan fingerprint density at radius 2 is 2.03 bits per heavy atom. The number of likely N-dealkylation sites (N-methyl/N-ethyl adjacent to an activating group) is 2. The van der Waals surface area contributed by atoms with Crippen LogP contribution in [0.4, 0.5) is 0 Å². The molecule has 168 valence electrons. The van der Waals surface area contributed by atoms with Crippen LogP contribution in [0.3, 0.4) is 0 Å². The van der Waals surface area contributed by atoms with Gasteiger partial charge in [-0.2, -0.15) is 0 Å². The van der Waals surface area contributed by atoms with E-state index in [4.69, 9.17) is 9.47 Å². The third kappa shape index (κ3) is 9.31. The normalized spacial score (nSPS) is 21.3. The summed E-state index contributed by atoms with van der Waals surface area (Å²) in [5.74, 6) is 1.36. The molecule has 2 aliphatic rings. The summed E-state index contributed by atoms with van der Waals surface area (Å²) in [7, 11) is 3.51. The first-order valence-corrected chi connectivity index (χ1v) is 11.2. The predicted molar refractivity (Wildman–Crippen MR) is 116 cm³/mol. The van der Waals surface area contributed by atoms with Gasteiger partial charge in [-0.1, -0.05) is 6.92 Å². The molecule has 2 heterocycles. The zero-order chi connectivity index (χ0) is 20.9. The molecule has 0 aromatic rings. The van der Waals surface area contributed by atoms with Gasteiger partial charge in [-0.15, -0.1) is 0 Å². The Labute approximate surface area is 176 Å². The Balaban J connectivity index is 1.69. The van der Waals surface area contributed by atoms with E-state index >= 15 is 0 Å². The molecule has 0 aromatic heterocycles. The zero-order valence-electron chi connectivity index (χ0n) is 18.6. The van der Waals surface area contributed by atoms with Gasteiger partial charge < -0.3 is 25.0 Å². The fourth-order valence-corrected chi connectivity index (χ4v) is 3.76. The summed E-state index contributed by atoms with van der Waals surface area (Å²) >= 11 is 0. The number of carbonyl (C=O) groups is 1. The molecule has 0 radical (unpaired) electrons. The van der Waals surface area contributed by atoms with Crippen molar-refractivity contribution >= 4 is 11.9 Å². The maximum absolute atomic E-state index is 11.9. The van der Waals surface area contributed by atoms with Crippen LogP contribution in [-0.4, -0.2) is 101 Å². The summed E-state index contributed by atoms with van der Waals surface area (Å²) in [6.07, 6.45) is 5.59. The number of aliphatic imine (C=N–C) groups is 1. The molecule has 2 fully saturated rings. The van der Waals surface area contributed by atoms with Crippen molar-refractivity contribution in [3.8, 4) is 0 Å². The van der Waals surface area contributed by atoms with Gasteiger partial charge in [0, 0.05) is 59.7 Å². The Bertz CT molecular complexity index is 495. The molecule has 29 heavy (non-hydrogen) atoms. The number of nitrogens with zero attached hydrogens (tertiary/aromatic N) is 3. The van der Waals surface area contributed by atoms with Crippen LogP contribution in [0.1, 0.15) is 39.0 Å². The van der Waals surface area contributed by atoms with Gasteiger partial charge in [-0.25, -0.2) is 4.99 Å². The zero-order valence-corrected chi connectivity index (χ0v) is 18.6. The smallest absolute Gasteiger partial charge is 0.243 e. The second kappa shape index (κ2) is 13.8. The van der Waals surface area contributed by atoms with Crippen molar-refractivity contribution < 1.29 is 14.3 Å². The molecule has 1 unspecified atom stereocenters. The van der Waals surface area contributed by atoms with Crippen molar-refractivity contribution in [3.63, 3.8) is 0 Å². The molecule has 0 saturated carbocycles. The summed E-state index contributed by atoms with van der Waals surface area (Å²) in [4.78, 5) is 20.4. The van der Waals surface area contributed by atoms with Gasteiger partial charge >= 0.3 is 0 Å². The van der Waals surface area contributed by atoms with E-state index in [2.05, 4.69) is 27.4 Å². The molecule has 2 N–H and O–H groups in total. The Morgan fingerprint density at radius 1 is 1.24 bits per heavy atom. The quantitative estimate of drug-likeness (QED) is 0.299. The number of hydrogen-bond acceptors (Lipinski definition) is 5. The van der Waals surface area contributed by atoms with Crippen molar-refractivity contribution in [1.82, 2.24) is 20.4 Å². The van der Waals surface area contributed by atoms with E-state index in [1.54, 1.807) is 19.0 Å². The molecule has 0 aromatic carbocycles. The lowest BCUT2D eigenvalue weighted by Crippen LogP contribution is -2.45. The van der Waals surface area contributed by atoms with Gasteiger partial charge in [-0.05, 0) is 51.1 Å². The number of nitrogens with one attached hydrogen (secondary N) is 2. The predicted octanol–water partition coefficient (Wildman–Crippen LogP) is 0.927. The molecule has 0 aliphatic carbocycles. The van der Waals surface area contributed by atoms with Crippen LogP contribution in [0.25, 0.3) is 0 Å². The number of amides is 1. The number of likely N-dealkylation sites (tertiary alicyclic amines) is 1. The lowest BCUT2D eigenvalue weighted by atomic mass is 10.0. The molecule has 2 saturated heterocycles. The Morgan fingerprint density at radius 3 is 2.76 bits per heavy atom. The second-order valence-corrected chi connectivity index (χ2v) is 8.17. The van der Waals surface area contributed by atoms with Gasteiger partial charge in [0.05, 0.1) is 0 Å². The standard InChI is InChI=1S/C21H41N5O3/c1-4-26-11-5-7-19(26)15-23-21(24-16-20(27)25(2)3)22-10-6-12-29-17-18-8-13-28-14-9-18/h18-19H,4-17H2,1-3H3,(H2,22,23,24). The third-order valence-corrected chi connectivity index (χ3v) is 5.73. The largest absolute Gasteiger partial charge is 0.381 e. The molecule has 2 aliphatic heterocycles. The molecule has 0 bridgehead atoms. The van der Waals surface area contributed by atoms with Crippen molar-refractivity contribution in [3.05, 3.63) is 0 Å². The minimum Gasteiger partial charge on any atom is -0.381 e. The second-order valence-electron chi connectivity index (χ2n) is 8.17. The highest BCUT2D eigenvalue weighted by Gasteiger charge is 2.22. The van der Waals surface area contributed by atoms with Gasteiger partial charge in [0.1, 0.15) is 6.54 Å². The van der Waals surface area contributed by atoms with Crippen molar-refractivity contribution in [2.45, 2.75) is 45.1 Å². The third-order valence-electron chi connectivity index (χ3n) is 5.73. The first-order valence-electron chi connectivity index (χ1n) is 11.2. The summed E-state index contributed by atoms with van der Waals surface area (Å²) < 4.78 is 11.2. The minimum absolute atomic E-state index is 0.00180. The fourth-order valence-electron chi connectivity index (χ4n) is 3.76. The highest BCUT2D eigenvalue weighted by atomic mass is 16.5. The first-order chi connectivity index (χ1) is 14.1. The summed E-state index contributed by atoms with van der Waals surface area (Å²) in [6.45, 7) is 9.55. The minimum atomic E-state index is 0.00180. The number of hydrogen-bond donors (Lipinski definition) is 2. The summed E-state index contributed by atoms with van der Waals surface area (Å²) in [5, 5.41) is 6.79. The van der Waals surface area contributed by atoms with E-state index in [0.717, 1.165) is 65.3 Å². The topological polar surface area (TPSA) is 78.4 Å². The molecule has 8 heteroatoms. The van der Waals surface area contributed by atoms with Gasteiger partial charge in [-0.3, -0.25) is 9.69 Å². The molecule has 8 nitrogen and oxygen atoms in total. The maximum atomic E-state index is 11.9. The van der Waals surface area contributed by atoms with Crippen LogP contribution in [0.2, 0.25) is 0 Å². The Hall–Kier alpha value is -1.38. The molecular formula is C21H41N5O3. The highest BCUT2D eigenvalue weighted by Crippen LogP contribution is 2.15. The lowest BCUT2D eigenvalue weighted by molar-refractivity contribution is -0.127. The maximum Gasteiger partial charge on any atom is 0.243 e. The SMILES string of the molecule is CCN1CCCC1CNC(=NCC(=O)N(C)C)NCCCOCC1CCOCC1. The fraction of sp³-hybridized carbons (Fsp3) is 0.905. The molecule has 1 atom stereocenters. The van der Waals surface area contributed by atoms with Crippen molar-refractivity contribution in [2.75, 3.05) is 73.2 Å². The van der Waals surface area contributed by atoms with Crippen LogP contribution >= 0.6 is 0 Å². The number of carbonyl (C=O) groups excluding carboxylic acids is 1. The van der Waals surface area contributed by atoms with E-state index in [9.17, 15) is 4.79 Å². The highest BCUT2D eigenvalue weighted by molar-refractivity contribution is 5.84. The van der Waals surface area contributed by atoms with Crippen LogP contribution in [0, 0.1) is 5.92 Å². The molecule has 1 amide bonds. The van der Waals surface area contributed by atoms with Crippen LogP contribution < -0.4 is 10.6 Å². The molecule has 2 rings (SSSR count). The van der Waals surface area contributed by atoms with Gasteiger partial charge in [0.25, 0.3) is 0 Å².